The Morgan fingerprint density at radius 2 is 2.00 bits per heavy atom. The highest BCUT2D eigenvalue weighted by atomic mass is 35.5. The first-order chi connectivity index (χ1) is 9.57. The molecule has 1 fully saturated rings. The predicted molar refractivity (Wildman–Crippen MR) is 81.1 cm³/mol. The SMILES string of the molecule is Cc1ccc(F)c(C(=O)N2CC[C@@](C)(O)C(C)(C)C2)c1Cl. The fraction of sp³-hybridized carbons (Fsp3) is 0.562. The van der Waals surface area contributed by atoms with Crippen LogP contribution in [0.5, 0.6) is 0 Å². The van der Waals surface area contributed by atoms with Gasteiger partial charge in [-0.05, 0) is 31.9 Å². The van der Waals surface area contributed by atoms with Gasteiger partial charge in [0.15, 0.2) is 0 Å². The molecule has 1 heterocycles. The number of aryl methyl sites for hydroxylation is 1. The van der Waals surface area contributed by atoms with Crippen molar-refractivity contribution in [1.82, 2.24) is 4.90 Å². The second-order valence-electron chi connectivity index (χ2n) is 6.69. The molecule has 1 saturated heterocycles. The zero-order valence-electron chi connectivity index (χ0n) is 12.8. The van der Waals surface area contributed by atoms with Crippen molar-refractivity contribution in [3.05, 3.63) is 34.1 Å². The Balaban J connectivity index is 2.33. The molecule has 1 aromatic rings. The maximum atomic E-state index is 14.0. The van der Waals surface area contributed by atoms with E-state index in [0.717, 1.165) is 0 Å². The van der Waals surface area contributed by atoms with Crippen LogP contribution >= 0.6 is 11.6 Å². The normalized spacial score (nSPS) is 25.0. The summed E-state index contributed by atoms with van der Waals surface area (Å²) in [6.07, 6.45) is 0.455. The smallest absolute Gasteiger partial charge is 0.258 e. The zero-order chi connectivity index (χ0) is 16.0. The topological polar surface area (TPSA) is 40.5 Å². The van der Waals surface area contributed by atoms with Crippen LogP contribution in [0.3, 0.4) is 0 Å². The third-order valence-corrected chi connectivity index (χ3v) is 5.19. The quantitative estimate of drug-likeness (QED) is 0.863. The lowest BCUT2D eigenvalue weighted by atomic mass is 9.71. The van der Waals surface area contributed by atoms with Crippen LogP contribution in [0.2, 0.25) is 5.02 Å². The minimum atomic E-state index is -0.848. The van der Waals surface area contributed by atoms with E-state index in [9.17, 15) is 14.3 Å². The number of amides is 1. The van der Waals surface area contributed by atoms with Crippen molar-refractivity contribution in [3.8, 4) is 0 Å². The summed E-state index contributed by atoms with van der Waals surface area (Å²) in [7, 11) is 0. The van der Waals surface area contributed by atoms with Gasteiger partial charge in [-0.2, -0.15) is 0 Å². The van der Waals surface area contributed by atoms with Crippen LogP contribution in [0.15, 0.2) is 12.1 Å². The van der Waals surface area contributed by atoms with Gasteiger partial charge in [-0.15, -0.1) is 0 Å². The summed E-state index contributed by atoms with van der Waals surface area (Å²) in [4.78, 5) is 14.2. The number of piperidine rings is 1. The largest absolute Gasteiger partial charge is 0.389 e. The third kappa shape index (κ3) is 2.79. The third-order valence-electron chi connectivity index (χ3n) is 4.70. The van der Waals surface area contributed by atoms with E-state index in [1.807, 2.05) is 13.8 Å². The molecule has 3 nitrogen and oxygen atoms in total. The molecule has 1 atom stereocenters. The van der Waals surface area contributed by atoms with Gasteiger partial charge in [0.1, 0.15) is 5.82 Å². The van der Waals surface area contributed by atoms with E-state index in [0.29, 0.717) is 25.1 Å². The summed E-state index contributed by atoms with van der Waals surface area (Å²) in [5.41, 5.74) is -0.717. The summed E-state index contributed by atoms with van der Waals surface area (Å²) in [6.45, 7) is 8.07. The van der Waals surface area contributed by atoms with Gasteiger partial charge in [0.2, 0.25) is 0 Å². The highest BCUT2D eigenvalue weighted by Crippen LogP contribution is 2.39. The first-order valence-corrected chi connectivity index (χ1v) is 7.41. The van der Waals surface area contributed by atoms with E-state index in [1.54, 1.807) is 24.8 Å². The molecule has 0 aromatic heterocycles. The molecule has 2 rings (SSSR count). The van der Waals surface area contributed by atoms with E-state index in [4.69, 9.17) is 11.6 Å². The van der Waals surface area contributed by atoms with Gasteiger partial charge in [0.05, 0.1) is 16.2 Å². The second-order valence-corrected chi connectivity index (χ2v) is 7.07. The number of nitrogens with zero attached hydrogens (tertiary/aromatic N) is 1. The summed E-state index contributed by atoms with van der Waals surface area (Å²) in [5.74, 6) is -1.02. The number of rotatable bonds is 1. The lowest BCUT2D eigenvalue weighted by molar-refractivity contribution is -0.0971. The summed E-state index contributed by atoms with van der Waals surface area (Å²) >= 11 is 6.10. The molecular weight excluding hydrogens is 293 g/mol. The number of carbonyl (C=O) groups is 1. The molecule has 1 aromatic carbocycles. The van der Waals surface area contributed by atoms with E-state index in [2.05, 4.69) is 0 Å². The van der Waals surface area contributed by atoms with Crippen LogP contribution in [0, 0.1) is 18.2 Å². The predicted octanol–water partition coefficient (Wildman–Crippen LogP) is 3.41. The van der Waals surface area contributed by atoms with Gasteiger partial charge in [0.25, 0.3) is 5.91 Å². The molecule has 0 radical (unpaired) electrons. The number of aliphatic hydroxyl groups is 1. The Bertz CT molecular complexity index is 584. The van der Waals surface area contributed by atoms with Crippen LogP contribution in [0.1, 0.15) is 43.1 Å². The van der Waals surface area contributed by atoms with Crippen LogP contribution in [0.4, 0.5) is 4.39 Å². The fourth-order valence-corrected chi connectivity index (χ4v) is 2.84. The number of carbonyl (C=O) groups excluding carboxylic acids is 1. The van der Waals surface area contributed by atoms with E-state index in [1.165, 1.54) is 6.07 Å². The van der Waals surface area contributed by atoms with Gasteiger partial charge in [-0.25, -0.2) is 4.39 Å². The average molecular weight is 314 g/mol. The number of benzene rings is 1. The summed E-state index contributed by atoms with van der Waals surface area (Å²) in [5, 5.41) is 10.5. The van der Waals surface area contributed by atoms with Crippen LogP contribution in [-0.2, 0) is 0 Å². The standard InChI is InChI=1S/C16H21ClFNO2/c1-10-5-6-11(18)12(13(10)17)14(20)19-8-7-16(4,21)15(2,3)9-19/h5-6,21H,7-9H2,1-4H3/t16-/m1/s1. The van der Waals surface area contributed by atoms with Crippen LogP contribution in [-0.4, -0.2) is 34.6 Å². The second kappa shape index (κ2) is 5.25. The molecule has 0 saturated carbocycles. The molecule has 5 heteroatoms. The average Bonchev–Trinajstić information content (AvgIpc) is 2.37. The highest BCUT2D eigenvalue weighted by Gasteiger charge is 2.45. The van der Waals surface area contributed by atoms with E-state index in [-0.39, 0.29) is 10.6 Å². The Morgan fingerprint density at radius 3 is 2.57 bits per heavy atom. The van der Waals surface area contributed by atoms with Crippen molar-refractivity contribution < 1.29 is 14.3 Å². The molecular formula is C16H21ClFNO2. The molecule has 21 heavy (non-hydrogen) atoms. The Kier molecular flexibility index (Phi) is 4.06. The number of halogens is 2. The molecule has 1 amide bonds. The Hall–Kier alpha value is -1.13. The molecule has 1 N–H and O–H groups in total. The van der Waals surface area contributed by atoms with Crippen molar-refractivity contribution >= 4 is 17.5 Å². The zero-order valence-corrected chi connectivity index (χ0v) is 13.6. The molecule has 116 valence electrons. The monoisotopic (exact) mass is 313 g/mol. The van der Waals surface area contributed by atoms with E-state index < -0.39 is 22.7 Å². The fourth-order valence-electron chi connectivity index (χ4n) is 2.60. The summed E-state index contributed by atoms with van der Waals surface area (Å²) < 4.78 is 14.0. The van der Waals surface area contributed by atoms with Gasteiger partial charge >= 0.3 is 0 Å². The maximum absolute atomic E-state index is 14.0. The summed E-state index contributed by atoms with van der Waals surface area (Å²) in [6, 6.07) is 2.82. The Morgan fingerprint density at radius 1 is 1.38 bits per heavy atom. The van der Waals surface area contributed by atoms with Gasteiger partial charge in [0, 0.05) is 18.5 Å². The van der Waals surface area contributed by atoms with Gasteiger partial charge in [-0.1, -0.05) is 31.5 Å². The van der Waals surface area contributed by atoms with Crippen molar-refractivity contribution in [2.24, 2.45) is 5.41 Å². The number of hydrogen-bond acceptors (Lipinski definition) is 2. The highest BCUT2D eigenvalue weighted by molar-refractivity contribution is 6.34. The lowest BCUT2D eigenvalue weighted by Crippen LogP contribution is -2.57. The van der Waals surface area contributed by atoms with Crippen molar-refractivity contribution in [2.45, 2.75) is 39.7 Å². The van der Waals surface area contributed by atoms with Gasteiger partial charge < -0.3 is 10.0 Å². The van der Waals surface area contributed by atoms with Gasteiger partial charge in [-0.3, -0.25) is 4.79 Å². The first kappa shape index (κ1) is 16.2. The van der Waals surface area contributed by atoms with Crippen LogP contribution in [0.25, 0.3) is 0 Å². The van der Waals surface area contributed by atoms with E-state index >= 15 is 0 Å². The lowest BCUT2D eigenvalue weighted by Gasteiger charge is -2.48. The molecule has 1 aliphatic rings. The minimum Gasteiger partial charge on any atom is -0.389 e. The number of hydrogen-bond donors (Lipinski definition) is 1. The first-order valence-electron chi connectivity index (χ1n) is 7.03. The van der Waals surface area contributed by atoms with Crippen molar-refractivity contribution in [3.63, 3.8) is 0 Å². The number of likely N-dealkylation sites (tertiary alicyclic amines) is 1. The Labute approximate surface area is 129 Å². The maximum Gasteiger partial charge on any atom is 0.258 e. The minimum absolute atomic E-state index is 0.0750. The molecule has 0 spiro atoms. The van der Waals surface area contributed by atoms with Crippen LogP contribution < -0.4 is 0 Å². The van der Waals surface area contributed by atoms with Crippen molar-refractivity contribution in [1.29, 1.82) is 0 Å². The molecule has 0 bridgehead atoms. The van der Waals surface area contributed by atoms with Crippen molar-refractivity contribution in [2.75, 3.05) is 13.1 Å². The molecule has 1 aliphatic heterocycles. The molecule has 0 unspecified atom stereocenters. The molecule has 0 aliphatic carbocycles.